The van der Waals surface area contributed by atoms with Gasteiger partial charge in [0.1, 0.15) is 6.54 Å². The number of halogens is 3. The van der Waals surface area contributed by atoms with Gasteiger partial charge in [-0.1, -0.05) is 30.4 Å². The Morgan fingerprint density at radius 3 is 2.42 bits per heavy atom. The van der Waals surface area contributed by atoms with E-state index in [1.807, 2.05) is 4.90 Å². The number of carbonyl (C=O) groups is 1. The van der Waals surface area contributed by atoms with E-state index in [2.05, 4.69) is 40.0 Å². The Morgan fingerprint density at radius 1 is 1.11 bits per heavy atom. The predicted molar refractivity (Wildman–Crippen MR) is 130 cm³/mol. The number of benzene rings is 1. The second-order valence-corrected chi connectivity index (χ2v) is 12.3. The highest BCUT2D eigenvalue weighted by atomic mass is 32.2. The lowest BCUT2D eigenvalue weighted by Crippen LogP contribution is -2.52. The van der Waals surface area contributed by atoms with E-state index in [-0.39, 0.29) is 24.3 Å². The zero-order chi connectivity index (χ0) is 25.7. The highest BCUT2D eigenvalue weighted by Crippen LogP contribution is 2.50. The van der Waals surface area contributed by atoms with Crippen LogP contribution in [0.2, 0.25) is 0 Å². The van der Waals surface area contributed by atoms with E-state index in [0.717, 1.165) is 62.3 Å². The number of nitrogens with zero attached hydrogens (tertiary/aromatic N) is 3. The molecule has 7 nitrogen and oxygen atoms in total. The first-order valence-electron chi connectivity index (χ1n) is 12.6. The SMILES string of the molecule is CC(=O)N1CCN(C/C=C/c2ccc3c(c2)C[C@H]2CC[C@@H](C3)[C@]23CN(CC(F)(F)F)S(=O)(=O)N3)CC1. The molecule has 0 aromatic heterocycles. The summed E-state index contributed by atoms with van der Waals surface area (Å²) in [7, 11) is -4.17. The minimum atomic E-state index is -4.57. The third kappa shape index (κ3) is 5.07. The first kappa shape index (κ1) is 25.7. The van der Waals surface area contributed by atoms with Gasteiger partial charge in [-0.3, -0.25) is 9.69 Å². The Morgan fingerprint density at radius 2 is 1.78 bits per heavy atom. The molecule has 11 heteroatoms. The number of alkyl halides is 3. The number of hydrogen-bond donors (Lipinski definition) is 1. The quantitative estimate of drug-likeness (QED) is 0.654. The van der Waals surface area contributed by atoms with E-state index in [4.69, 9.17) is 0 Å². The normalized spacial score (nSPS) is 30.7. The Hall–Kier alpha value is -1.95. The molecule has 1 aromatic rings. The van der Waals surface area contributed by atoms with Gasteiger partial charge in [-0.25, -0.2) is 0 Å². The van der Waals surface area contributed by atoms with Crippen molar-refractivity contribution in [2.24, 2.45) is 11.8 Å². The van der Waals surface area contributed by atoms with Crippen LogP contribution in [0.1, 0.15) is 36.5 Å². The van der Waals surface area contributed by atoms with Crippen LogP contribution in [0.15, 0.2) is 24.3 Å². The number of fused-ring (bicyclic) bond motifs is 1. The Labute approximate surface area is 210 Å². The van der Waals surface area contributed by atoms with Gasteiger partial charge in [-0.05, 0) is 54.2 Å². The standard InChI is InChI=1S/C25H33F3N4O3S/c1-18(33)31-11-9-30(10-12-31)8-2-3-19-4-5-20-14-22-6-7-23(15-21(20)13-19)24(22)16-32(17-25(26,27)28)36(34,35)29-24/h2-5,13,22-23,29H,6-12,14-17H2,1H3/b3-2+/t22-,23+,24+/m0/s1. The van der Waals surface area contributed by atoms with Gasteiger partial charge in [-0.15, -0.1) is 0 Å². The first-order chi connectivity index (χ1) is 17.0. The molecule has 2 saturated heterocycles. The topological polar surface area (TPSA) is 73.0 Å². The van der Waals surface area contributed by atoms with Gasteiger partial charge in [-0.2, -0.15) is 30.6 Å². The third-order valence-corrected chi connectivity index (χ3v) is 10.0. The summed E-state index contributed by atoms with van der Waals surface area (Å²) in [5.41, 5.74) is 2.54. The Balaban J connectivity index is 1.27. The fourth-order valence-corrected chi connectivity index (χ4v) is 8.26. The lowest BCUT2D eigenvalue weighted by atomic mass is 9.79. The maximum absolute atomic E-state index is 13.1. The maximum atomic E-state index is 13.1. The van der Waals surface area contributed by atoms with Crippen LogP contribution in [0.3, 0.4) is 0 Å². The van der Waals surface area contributed by atoms with Crippen molar-refractivity contribution in [3.05, 3.63) is 41.0 Å². The number of nitrogens with one attached hydrogen (secondary N) is 1. The molecule has 3 atom stereocenters. The molecule has 3 fully saturated rings. The number of piperazine rings is 1. The lowest BCUT2D eigenvalue weighted by molar-refractivity contribution is -0.136. The van der Waals surface area contributed by atoms with Crippen LogP contribution in [0.5, 0.6) is 0 Å². The molecule has 1 saturated carbocycles. The fourth-order valence-electron chi connectivity index (χ4n) is 6.55. The lowest BCUT2D eigenvalue weighted by Gasteiger charge is -2.33. The van der Waals surface area contributed by atoms with Crippen molar-refractivity contribution in [2.45, 2.75) is 44.3 Å². The molecule has 1 amide bonds. The summed E-state index contributed by atoms with van der Waals surface area (Å²) in [4.78, 5) is 15.7. The van der Waals surface area contributed by atoms with E-state index in [0.29, 0.717) is 17.1 Å². The molecular weight excluding hydrogens is 493 g/mol. The summed E-state index contributed by atoms with van der Waals surface area (Å²) < 4.78 is 67.8. The zero-order valence-corrected chi connectivity index (χ0v) is 21.2. The summed E-state index contributed by atoms with van der Waals surface area (Å²) in [5.74, 6) is 0.0597. The zero-order valence-electron chi connectivity index (χ0n) is 20.4. The van der Waals surface area contributed by atoms with Gasteiger partial charge in [0.15, 0.2) is 0 Å². The van der Waals surface area contributed by atoms with E-state index < -0.39 is 28.5 Å². The summed E-state index contributed by atoms with van der Waals surface area (Å²) >= 11 is 0. The van der Waals surface area contributed by atoms with Crippen LogP contribution in [0.25, 0.3) is 6.08 Å². The van der Waals surface area contributed by atoms with Crippen molar-refractivity contribution in [1.29, 1.82) is 0 Å². The minimum Gasteiger partial charge on any atom is -0.340 e. The van der Waals surface area contributed by atoms with Crippen molar-refractivity contribution in [2.75, 3.05) is 45.8 Å². The minimum absolute atomic E-state index is 0.0215. The Bertz CT molecular complexity index is 1150. The van der Waals surface area contributed by atoms with Gasteiger partial charge in [0.05, 0.1) is 5.54 Å². The van der Waals surface area contributed by atoms with Gasteiger partial charge in [0.25, 0.3) is 10.2 Å². The van der Waals surface area contributed by atoms with Crippen LogP contribution < -0.4 is 4.72 Å². The van der Waals surface area contributed by atoms with Crippen LogP contribution in [-0.4, -0.2) is 86.0 Å². The van der Waals surface area contributed by atoms with Crippen molar-refractivity contribution in [3.8, 4) is 0 Å². The first-order valence-corrected chi connectivity index (χ1v) is 14.0. The molecule has 1 spiro atoms. The number of carbonyl (C=O) groups excluding carboxylic acids is 1. The summed E-state index contributed by atoms with van der Waals surface area (Å²) in [5, 5.41) is 0. The highest BCUT2D eigenvalue weighted by Gasteiger charge is 2.60. The van der Waals surface area contributed by atoms with Gasteiger partial charge in [0.2, 0.25) is 5.91 Å². The molecule has 198 valence electrons. The third-order valence-electron chi connectivity index (χ3n) is 8.43. The monoisotopic (exact) mass is 526 g/mol. The van der Waals surface area contributed by atoms with E-state index >= 15 is 0 Å². The molecule has 2 aliphatic heterocycles. The highest BCUT2D eigenvalue weighted by molar-refractivity contribution is 7.87. The number of hydrogen-bond acceptors (Lipinski definition) is 4. The molecule has 2 heterocycles. The van der Waals surface area contributed by atoms with E-state index in [1.165, 1.54) is 0 Å². The second kappa shape index (κ2) is 9.41. The molecular formula is C25H33F3N4O3S. The molecule has 1 N–H and O–H groups in total. The van der Waals surface area contributed by atoms with Crippen molar-refractivity contribution in [3.63, 3.8) is 0 Å². The van der Waals surface area contributed by atoms with Crippen LogP contribution >= 0.6 is 0 Å². The van der Waals surface area contributed by atoms with E-state index in [9.17, 15) is 26.4 Å². The molecule has 4 aliphatic rings. The molecule has 2 aliphatic carbocycles. The van der Waals surface area contributed by atoms with Crippen LogP contribution in [0.4, 0.5) is 13.2 Å². The molecule has 1 aromatic carbocycles. The van der Waals surface area contributed by atoms with Crippen molar-refractivity contribution < 1.29 is 26.4 Å². The van der Waals surface area contributed by atoms with Crippen molar-refractivity contribution in [1.82, 2.24) is 18.8 Å². The molecule has 36 heavy (non-hydrogen) atoms. The largest absolute Gasteiger partial charge is 0.402 e. The number of rotatable bonds is 4. The van der Waals surface area contributed by atoms with E-state index in [1.54, 1.807) is 6.92 Å². The fraction of sp³-hybridized carbons (Fsp3) is 0.640. The molecule has 0 radical (unpaired) electrons. The molecule has 5 rings (SSSR count). The van der Waals surface area contributed by atoms with Crippen LogP contribution in [0, 0.1) is 11.8 Å². The summed E-state index contributed by atoms with van der Waals surface area (Å²) in [6.45, 7) is 4.01. The van der Waals surface area contributed by atoms with Crippen LogP contribution in [-0.2, 0) is 27.8 Å². The summed E-state index contributed by atoms with van der Waals surface area (Å²) in [6.07, 6.45) is 2.57. The Kier molecular flexibility index (Phi) is 6.72. The molecule has 0 unspecified atom stereocenters. The maximum Gasteiger partial charge on any atom is 0.402 e. The second-order valence-electron chi connectivity index (χ2n) is 10.6. The predicted octanol–water partition coefficient (Wildman–Crippen LogP) is 2.44. The van der Waals surface area contributed by atoms with Crippen molar-refractivity contribution >= 4 is 22.2 Å². The summed E-state index contributed by atoms with van der Waals surface area (Å²) in [6, 6.07) is 6.29. The number of amides is 1. The smallest absolute Gasteiger partial charge is 0.340 e. The molecule has 2 bridgehead atoms. The average Bonchev–Trinajstić information content (AvgIpc) is 3.18. The average molecular weight is 527 g/mol. The van der Waals surface area contributed by atoms with Gasteiger partial charge in [0, 0.05) is 46.2 Å². The van der Waals surface area contributed by atoms with Gasteiger partial charge >= 0.3 is 6.18 Å². The van der Waals surface area contributed by atoms with Gasteiger partial charge < -0.3 is 4.90 Å².